The molecule has 36 heavy (non-hydrogen) atoms. The zero-order valence-electron chi connectivity index (χ0n) is 22.8. The quantitative estimate of drug-likeness (QED) is 0.264. The monoisotopic (exact) mass is 488 g/mol. The van der Waals surface area contributed by atoms with Crippen molar-refractivity contribution in [2.75, 3.05) is 0 Å². The first-order valence-corrected chi connectivity index (χ1v) is 13.4. The summed E-state index contributed by atoms with van der Waals surface area (Å²) in [5.41, 5.74) is 5.78. The van der Waals surface area contributed by atoms with Crippen molar-refractivity contribution in [2.24, 2.45) is 0 Å². The summed E-state index contributed by atoms with van der Waals surface area (Å²) >= 11 is 0. The average Bonchev–Trinajstić information content (AvgIpc) is 3.61. The fraction of sp³-hybridized carbons (Fsp3) is 0.536. The van der Waals surface area contributed by atoms with E-state index in [-0.39, 0.29) is 0 Å². The summed E-state index contributed by atoms with van der Waals surface area (Å²) in [6, 6.07) is 11.1. The molecule has 0 saturated heterocycles. The van der Waals surface area contributed by atoms with Gasteiger partial charge >= 0.3 is 0 Å². The molecule has 1 atom stereocenters. The predicted octanol–water partition coefficient (Wildman–Crippen LogP) is 6.40. The van der Waals surface area contributed by atoms with Crippen LogP contribution in [-0.2, 0) is 13.0 Å². The summed E-state index contributed by atoms with van der Waals surface area (Å²) in [4.78, 5) is 4.90. The second-order valence-electron chi connectivity index (χ2n) is 10.4. The fourth-order valence-electron chi connectivity index (χ4n) is 4.54. The number of nitrogens with one attached hydrogen (secondary N) is 1. The Hall–Kier alpha value is -3.29. The van der Waals surface area contributed by atoms with E-state index >= 15 is 0 Å². The van der Waals surface area contributed by atoms with Crippen LogP contribution in [0.1, 0.15) is 114 Å². The lowest BCUT2D eigenvalue weighted by molar-refractivity contribution is 0.602. The molecule has 0 fully saturated rings. The van der Waals surface area contributed by atoms with E-state index in [4.69, 9.17) is 10.1 Å². The van der Waals surface area contributed by atoms with Crippen LogP contribution in [0.2, 0.25) is 0 Å². The van der Waals surface area contributed by atoms with Gasteiger partial charge in [-0.1, -0.05) is 67.0 Å². The van der Waals surface area contributed by atoms with Gasteiger partial charge in [0.05, 0.1) is 12.2 Å². The van der Waals surface area contributed by atoms with Crippen molar-refractivity contribution < 1.29 is 0 Å². The van der Waals surface area contributed by atoms with Crippen LogP contribution in [0.3, 0.4) is 0 Å². The Morgan fingerprint density at radius 1 is 0.972 bits per heavy atom. The lowest BCUT2D eigenvalue weighted by atomic mass is 10.0. The largest absolute Gasteiger partial charge is 0.310 e. The molecule has 4 aromatic rings. The standard InChI is InChI=1S/C28H40N8/c1-8-10-11-25-29-27(20(7)9-2)32-35(25)17-21-12-14-22(15-13-21)36-24(19(5)6)16-23(18(3)4)26(36)28-30-33-34-31-28/h12-16,18-20H,8-11,17H2,1-7H3,(H,30,31,33,34). The van der Waals surface area contributed by atoms with E-state index < -0.39 is 0 Å². The number of nitrogens with zero attached hydrogens (tertiary/aromatic N) is 7. The minimum Gasteiger partial charge on any atom is -0.310 e. The maximum absolute atomic E-state index is 4.90. The average molecular weight is 489 g/mol. The normalized spacial score (nSPS) is 12.7. The first-order valence-electron chi connectivity index (χ1n) is 13.4. The molecule has 4 rings (SSSR count). The Balaban J connectivity index is 1.70. The third kappa shape index (κ3) is 5.27. The number of aromatic nitrogens is 8. The smallest absolute Gasteiger partial charge is 0.221 e. The molecule has 192 valence electrons. The molecule has 3 aromatic heterocycles. The van der Waals surface area contributed by atoms with Gasteiger partial charge in [-0.05, 0) is 59.2 Å². The third-order valence-electron chi connectivity index (χ3n) is 6.93. The molecule has 3 heterocycles. The number of hydrogen-bond donors (Lipinski definition) is 1. The summed E-state index contributed by atoms with van der Waals surface area (Å²) in [5.74, 6) is 3.72. The van der Waals surface area contributed by atoms with Crippen molar-refractivity contribution >= 4 is 0 Å². The number of unbranched alkanes of at least 4 members (excludes halogenated alkanes) is 1. The molecule has 0 amide bonds. The molecule has 8 heteroatoms. The Kier molecular flexibility index (Phi) is 8.01. The first-order chi connectivity index (χ1) is 17.3. The van der Waals surface area contributed by atoms with E-state index in [0.717, 1.165) is 55.3 Å². The van der Waals surface area contributed by atoms with Crippen molar-refractivity contribution in [1.29, 1.82) is 0 Å². The van der Waals surface area contributed by atoms with Crippen LogP contribution in [0.4, 0.5) is 0 Å². The maximum Gasteiger partial charge on any atom is 0.221 e. The summed E-state index contributed by atoms with van der Waals surface area (Å²) in [7, 11) is 0. The number of aromatic amines is 1. The van der Waals surface area contributed by atoms with Crippen LogP contribution in [-0.4, -0.2) is 40.0 Å². The number of H-pyrrole nitrogens is 1. The van der Waals surface area contributed by atoms with Crippen LogP contribution in [0, 0.1) is 0 Å². The Labute approximate surface area is 214 Å². The van der Waals surface area contributed by atoms with Crippen molar-refractivity contribution in [2.45, 2.75) is 98.4 Å². The van der Waals surface area contributed by atoms with Gasteiger partial charge in [0.1, 0.15) is 5.82 Å². The second kappa shape index (κ2) is 11.2. The molecule has 1 N–H and O–H groups in total. The zero-order chi connectivity index (χ0) is 25.8. The molecule has 0 spiro atoms. The van der Waals surface area contributed by atoms with Crippen molar-refractivity contribution in [3.05, 3.63) is 58.8 Å². The van der Waals surface area contributed by atoms with Gasteiger partial charge in [0.15, 0.2) is 5.82 Å². The van der Waals surface area contributed by atoms with E-state index in [1.165, 1.54) is 16.8 Å². The summed E-state index contributed by atoms with van der Waals surface area (Å²) in [6.45, 7) is 16.2. The summed E-state index contributed by atoms with van der Waals surface area (Å²) in [6.07, 6.45) is 4.28. The minimum absolute atomic E-state index is 0.338. The molecule has 0 aliphatic carbocycles. The van der Waals surface area contributed by atoms with E-state index in [9.17, 15) is 0 Å². The van der Waals surface area contributed by atoms with Gasteiger partial charge in [-0.2, -0.15) is 10.3 Å². The molecule has 1 unspecified atom stereocenters. The lowest BCUT2D eigenvalue weighted by Gasteiger charge is -2.16. The number of tetrazole rings is 1. The van der Waals surface area contributed by atoms with E-state index in [1.807, 2.05) is 0 Å². The van der Waals surface area contributed by atoms with Gasteiger partial charge in [0.25, 0.3) is 0 Å². The molecule has 8 nitrogen and oxygen atoms in total. The molecular formula is C28H40N8. The number of aryl methyl sites for hydroxylation is 1. The third-order valence-corrected chi connectivity index (χ3v) is 6.93. The Morgan fingerprint density at radius 2 is 1.72 bits per heavy atom. The first kappa shape index (κ1) is 25.8. The molecule has 0 saturated carbocycles. The molecular weight excluding hydrogens is 448 g/mol. The van der Waals surface area contributed by atoms with Gasteiger partial charge in [-0.25, -0.2) is 9.67 Å². The molecule has 0 aliphatic rings. The maximum atomic E-state index is 4.90. The SMILES string of the molecule is CCCCc1nc(C(C)CC)nn1Cc1ccc(-n2c(C(C)C)cc(C(C)C)c2-c2nn[nH]n2)cc1. The number of hydrogen-bond acceptors (Lipinski definition) is 5. The minimum atomic E-state index is 0.338. The van der Waals surface area contributed by atoms with Crippen molar-refractivity contribution in [1.82, 2.24) is 40.0 Å². The molecule has 0 bridgehead atoms. The van der Waals surface area contributed by atoms with Gasteiger partial charge in [-0.15, -0.1) is 10.2 Å². The van der Waals surface area contributed by atoms with Gasteiger partial charge in [-0.3, -0.25) is 0 Å². The highest BCUT2D eigenvalue weighted by molar-refractivity contribution is 5.63. The van der Waals surface area contributed by atoms with E-state index in [0.29, 0.717) is 23.6 Å². The van der Waals surface area contributed by atoms with Crippen molar-refractivity contribution in [3.8, 4) is 17.2 Å². The number of benzene rings is 1. The van der Waals surface area contributed by atoms with Gasteiger partial charge < -0.3 is 4.57 Å². The topological polar surface area (TPSA) is 90.1 Å². The van der Waals surface area contributed by atoms with Gasteiger partial charge in [0.2, 0.25) is 5.82 Å². The molecule has 0 aliphatic heterocycles. The van der Waals surface area contributed by atoms with Crippen LogP contribution >= 0.6 is 0 Å². The Bertz CT molecular complexity index is 1250. The fourth-order valence-corrected chi connectivity index (χ4v) is 4.54. The highest BCUT2D eigenvalue weighted by Crippen LogP contribution is 2.36. The van der Waals surface area contributed by atoms with Crippen LogP contribution < -0.4 is 0 Å². The highest BCUT2D eigenvalue weighted by atomic mass is 15.5. The molecule has 1 aromatic carbocycles. The second-order valence-corrected chi connectivity index (χ2v) is 10.4. The summed E-state index contributed by atoms with van der Waals surface area (Å²) in [5, 5.41) is 20.0. The van der Waals surface area contributed by atoms with Crippen molar-refractivity contribution in [3.63, 3.8) is 0 Å². The van der Waals surface area contributed by atoms with Crippen LogP contribution in [0.15, 0.2) is 30.3 Å². The lowest BCUT2D eigenvalue weighted by Crippen LogP contribution is -2.08. The van der Waals surface area contributed by atoms with Crippen LogP contribution in [0.5, 0.6) is 0 Å². The zero-order valence-corrected chi connectivity index (χ0v) is 22.8. The summed E-state index contributed by atoms with van der Waals surface area (Å²) < 4.78 is 4.39. The highest BCUT2D eigenvalue weighted by Gasteiger charge is 2.24. The predicted molar refractivity (Wildman–Crippen MR) is 144 cm³/mol. The van der Waals surface area contributed by atoms with Gasteiger partial charge in [0, 0.05) is 23.7 Å². The molecule has 0 radical (unpaired) electrons. The van der Waals surface area contributed by atoms with E-state index in [2.05, 4.69) is 109 Å². The Morgan fingerprint density at radius 3 is 2.31 bits per heavy atom. The number of rotatable bonds is 11. The van der Waals surface area contributed by atoms with E-state index in [1.54, 1.807) is 0 Å². The van der Waals surface area contributed by atoms with Crippen LogP contribution in [0.25, 0.3) is 17.2 Å².